The second-order valence-corrected chi connectivity index (χ2v) is 4.18. The van der Waals surface area contributed by atoms with Crippen LogP contribution in [0.3, 0.4) is 0 Å². The van der Waals surface area contributed by atoms with Gasteiger partial charge < -0.3 is 5.32 Å². The number of aryl methyl sites for hydroxylation is 1. The zero-order valence-corrected chi connectivity index (χ0v) is 9.32. The highest BCUT2D eigenvalue weighted by Gasteiger charge is 2.17. The molecule has 15 heavy (non-hydrogen) atoms. The van der Waals surface area contributed by atoms with Crippen molar-refractivity contribution in [3.63, 3.8) is 0 Å². The molecule has 1 aromatic rings. The quantitative estimate of drug-likeness (QED) is 0.758. The van der Waals surface area contributed by atoms with Crippen LogP contribution in [-0.4, -0.2) is 26.8 Å². The van der Waals surface area contributed by atoms with Crippen LogP contribution >= 0.6 is 0 Å². The molecule has 84 valence electrons. The molecule has 0 bridgehead atoms. The molecule has 1 aliphatic carbocycles. The van der Waals surface area contributed by atoms with Crippen molar-refractivity contribution < 1.29 is 0 Å². The largest absolute Gasteiger partial charge is 0.310 e. The molecule has 0 radical (unpaired) electrons. The van der Waals surface area contributed by atoms with Crippen molar-refractivity contribution in [1.82, 2.24) is 25.5 Å². The van der Waals surface area contributed by atoms with Gasteiger partial charge in [0, 0.05) is 6.54 Å². The van der Waals surface area contributed by atoms with Crippen molar-refractivity contribution in [3.05, 3.63) is 5.82 Å². The minimum Gasteiger partial charge on any atom is -0.310 e. The highest BCUT2D eigenvalue weighted by atomic mass is 15.5. The van der Waals surface area contributed by atoms with E-state index in [1.165, 1.54) is 25.7 Å². The van der Waals surface area contributed by atoms with Crippen LogP contribution in [0.25, 0.3) is 0 Å². The molecule has 1 fully saturated rings. The van der Waals surface area contributed by atoms with Crippen LogP contribution in [0.15, 0.2) is 0 Å². The lowest BCUT2D eigenvalue weighted by Gasteiger charge is -2.24. The van der Waals surface area contributed by atoms with Gasteiger partial charge in [-0.1, -0.05) is 26.2 Å². The van der Waals surface area contributed by atoms with E-state index >= 15 is 0 Å². The van der Waals surface area contributed by atoms with Gasteiger partial charge in [0.15, 0.2) is 5.82 Å². The molecule has 2 rings (SSSR count). The van der Waals surface area contributed by atoms with Crippen LogP contribution in [0, 0.1) is 5.92 Å². The van der Waals surface area contributed by atoms with Crippen LogP contribution < -0.4 is 5.32 Å². The summed E-state index contributed by atoms with van der Waals surface area (Å²) in [6.07, 6.45) is 5.42. The molecule has 0 aromatic carbocycles. The lowest BCUT2D eigenvalue weighted by Crippen LogP contribution is -2.19. The second kappa shape index (κ2) is 5.21. The number of hydrogen-bond acceptors (Lipinski definition) is 4. The van der Waals surface area contributed by atoms with Gasteiger partial charge in [0.1, 0.15) is 0 Å². The van der Waals surface area contributed by atoms with Crippen molar-refractivity contribution >= 4 is 0 Å². The van der Waals surface area contributed by atoms with E-state index in [1.54, 1.807) is 0 Å². The van der Waals surface area contributed by atoms with E-state index in [0.29, 0.717) is 0 Å². The highest BCUT2D eigenvalue weighted by Crippen LogP contribution is 2.29. The molecular weight excluding hydrogens is 190 g/mol. The van der Waals surface area contributed by atoms with Gasteiger partial charge >= 0.3 is 0 Å². The molecule has 1 N–H and O–H groups in total. The predicted octanol–water partition coefficient (Wildman–Crippen LogP) is 0.973. The first-order valence-electron chi connectivity index (χ1n) is 5.86. The molecule has 0 aliphatic heterocycles. The Kier molecular flexibility index (Phi) is 3.66. The van der Waals surface area contributed by atoms with E-state index in [2.05, 4.69) is 27.8 Å². The van der Waals surface area contributed by atoms with Gasteiger partial charge in [0.05, 0.1) is 6.54 Å². The Hall–Kier alpha value is -0.970. The average Bonchev–Trinajstić information content (AvgIpc) is 2.60. The summed E-state index contributed by atoms with van der Waals surface area (Å²) in [5, 5.41) is 15.0. The fourth-order valence-corrected chi connectivity index (χ4v) is 1.85. The molecule has 1 saturated carbocycles. The summed E-state index contributed by atoms with van der Waals surface area (Å²) in [6.45, 7) is 4.78. The Morgan fingerprint density at radius 3 is 3.00 bits per heavy atom. The molecule has 5 heteroatoms. The first-order chi connectivity index (χ1) is 7.40. The smallest absolute Gasteiger partial charge is 0.165 e. The zero-order chi connectivity index (χ0) is 10.5. The lowest BCUT2D eigenvalue weighted by molar-refractivity contribution is 0.275. The molecule has 5 nitrogen and oxygen atoms in total. The van der Waals surface area contributed by atoms with E-state index in [9.17, 15) is 0 Å². The van der Waals surface area contributed by atoms with Crippen molar-refractivity contribution in [2.45, 2.75) is 45.7 Å². The van der Waals surface area contributed by atoms with E-state index in [-0.39, 0.29) is 0 Å². The third-order valence-corrected chi connectivity index (χ3v) is 3.11. The minimum absolute atomic E-state index is 0.772. The number of nitrogens with zero attached hydrogens (tertiary/aromatic N) is 4. The van der Waals surface area contributed by atoms with Crippen molar-refractivity contribution in [2.24, 2.45) is 5.92 Å². The number of tetrazole rings is 1. The van der Waals surface area contributed by atoms with Crippen LogP contribution in [0.1, 0.15) is 38.4 Å². The molecule has 0 spiro atoms. The van der Waals surface area contributed by atoms with Gasteiger partial charge in [-0.25, -0.2) is 4.68 Å². The lowest BCUT2D eigenvalue weighted by atomic mass is 9.83. The van der Waals surface area contributed by atoms with Crippen LogP contribution in [0.4, 0.5) is 0 Å². The van der Waals surface area contributed by atoms with Crippen LogP contribution in [0.2, 0.25) is 0 Å². The summed E-state index contributed by atoms with van der Waals surface area (Å²) in [6, 6.07) is 0. The Bertz CT molecular complexity index is 292. The summed E-state index contributed by atoms with van der Waals surface area (Å²) in [5.74, 6) is 1.87. The Morgan fingerprint density at radius 1 is 1.47 bits per heavy atom. The molecule has 0 unspecified atom stereocenters. The van der Waals surface area contributed by atoms with Crippen molar-refractivity contribution in [2.75, 3.05) is 6.54 Å². The van der Waals surface area contributed by atoms with E-state index in [4.69, 9.17) is 0 Å². The zero-order valence-electron chi connectivity index (χ0n) is 9.32. The number of aromatic nitrogens is 4. The number of hydrogen-bond donors (Lipinski definition) is 1. The maximum atomic E-state index is 4.02. The normalized spacial score (nSPS) is 16.6. The fraction of sp³-hybridized carbons (Fsp3) is 0.900. The summed E-state index contributed by atoms with van der Waals surface area (Å²) in [4.78, 5) is 0. The van der Waals surface area contributed by atoms with Crippen LogP contribution in [0.5, 0.6) is 0 Å². The van der Waals surface area contributed by atoms with Crippen molar-refractivity contribution in [1.29, 1.82) is 0 Å². The van der Waals surface area contributed by atoms with Gasteiger partial charge in [0.2, 0.25) is 0 Å². The monoisotopic (exact) mass is 209 g/mol. The molecule has 1 aromatic heterocycles. The SMILES string of the molecule is CCNCc1nnnn1CCC1CCC1. The van der Waals surface area contributed by atoms with Crippen molar-refractivity contribution in [3.8, 4) is 0 Å². The van der Waals surface area contributed by atoms with Gasteiger partial charge in [-0.3, -0.25) is 0 Å². The first kappa shape index (κ1) is 10.5. The summed E-state index contributed by atoms with van der Waals surface area (Å²) in [7, 11) is 0. The van der Waals surface area contributed by atoms with E-state index in [0.717, 1.165) is 31.4 Å². The molecule has 0 atom stereocenters. The van der Waals surface area contributed by atoms with Gasteiger partial charge in [-0.15, -0.1) is 5.10 Å². The third kappa shape index (κ3) is 2.75. The Labute approximate surface area is 90.2 Å². The Balaban J connectivity index is 1.80. The maximum absolute atomic E-state index is 4.02. The maximum Gasteiger partial charge on any atom is 0.165 e. The van der Waals surface area contributed by atoms with Gasteiger partial charge in [0.25, 0.3) is 0 Å². The molecule has 1 aliphatic rings. The predicted molar refractivity (Wildman–Crippen MR) is 57.2 cm³/mol. The average molecular weight is 209 g/mol. The van der Waals surface area contributed by atoms with Crippen LogP contribution in [-0.2, 0) is 13.1 Å². The van der Waals surface area contributed by atoms with E-state index in [1.807, 2.05) is 4.68 Å². The molecule has 0 saturated heterocycles. The Morgan fingerprint density at radius 2 is 2.33 bits per heavy atom. The fourth-order valence-electron chi connectivity index (χ4n) is 1.85. The third-order valence-electron chi connectivity index (χ3n) is 3.11. The second-order valence-electron chi connectivity index (χ2n) is 4.18. The number of rotatable bonds is 6. The number of nitrogens with one attached hydrogen (secondary N) is 1. The van der Waals surface area contributed by atoms with Gasteiger partial charge in [-0.2, -0.15) is 0 Å². The standard InChI is InChI=1S/C10H19N5/c1-2-11-8-10-12-13-14-15(10)7-6-9-4-3-5-9/h9,11H,2-8H2,1H3. The highest BCUT2D eigenvalue weighted by molar-refractivity contribution is 4.80. The topological polar surface area (TPSA) is 55.6 Å². The summed E-state index contributed by atoms with van der Waals surface area (Å²) < 4.78 is 1.93. The summed E-state index contributed by atoms with van der Waals surface area (Å²) in [5.41, 5.74) is 0. The molecular formula is C10H19N5. The van der Waals surface area contributed by atoms with Gasteiger partial charge in [-0.05, 0) is 29.3 Å². The molecule has 0 amide bonds. The summed E-state index contributed by atoms with van der Waals surface area (Å²) >= 11 is 0. The minimum atomic E-state index is 0.772. The first-order valence-corrected chi connectivity index (χ1v) is 5.86. The molecule has 1 heterocycles. The van der Waals surface area contributed by atoms with E-state index < -0.39 is 0 Å².